The van der Waals surface area contributed by atoms with Crippen LogP contribution in [0.1, 0.15) is 27.8 Å². The van der Waals surface area contributed by atoms with E-state index in [9.17, 15) is 18.3 Å². The molecule has 1 N–H and O–H groups in total. The molecule has 0 heterocycles. The summed E-state index contributed by atoms with van der Waals surface area (Å²) in [4.78, 5) is 0. The maximum absolute atomic E-state index is 12.7. The van der Waals surface area contributed by atoms with E-state index in [1.54, 1.807) is 0 Å². The lowest BCUT2D eigenvalue weighted by Crippen LogP contribution is -2.04. The van der Waals surface area contributed by atoms with Crippen LogP contribution >= 0.6 is 0 Å². The Balaban J connectivity index is 1.54. The second-order valence-corrected chi connectivity index (χ2v) is 7.34. The Kier molecular flexibility index (Phi) is 5.68. The molecule has 1 nitrogen and oxygen atoms in total. The van der Waals surface area contributed by atoms with Crippen LogP contribution in [0.2, 0.25) is 0 Å². The summed E-state index contributed by atoms with van der Waals surface area (Å²) in [5.74, 6) is 6.29. The number of alkyl halides is 3. The van der Waals surface area contributed by atoms with Crippen molar-refractivity contribution in [3.63, 3.8) is 0 Å². The van der Waals surface area contributed by atoms with Gasteiger partial charge in [0.25, 0.3) is 0 Å². The second kappa shape index (κ2) is 8.57. The van der Waals surface area contributed by atoms with E-state index >= 15 is 0 Å². The average Bonchev–Trinajstić information content (AvgIpc) is 2.76. The van der Waals surface area contributed by atoms with Crippen molar-refractivity contribution >= 4 is 10.8 Å². The SMILES string of the molecule is Oc1c(Cc2ccccc2)ccc2ccc(C#CCc3ccc(C(F)(F)F)cc3)cc12. The molecule has 0 bridgehead atoms. The molecule has 0 saturated heterocycles. The summed E-state index contributed by atoms with van der Waals surface area (Å²) in [7, 11) is 0. The van der Waals surface area contributed by atoms with Crippen LogP contribution in [0.4, 0.5) is 13.2 Å². The Morgan fingerprint density at radius 3 is 2.19 bits per heavy atom. The van der Waals surface area contributed by atoms with Crippen LogP contribution in [0.3, 0.4) is 0 Å². The zero-order chi connectivity index (χ0) is 21.8. The first-order valence-corrected chi connectivity index (χ1v) is 9.84. The van der Waals surface area contributed by atoms with Crippen molar-refractivity contribution in [3.8, 4) is 17.6 Å². The van der Waals surface area contributed by atoms with E-state index in [1.165, 1.54) is 12.1 Å². The predicted octanol–water partition coefficient (Wildman–Crippen LogP) is 6.75. The number of fused-ring (bicyclic) bond motifs is 1. The Hall–Kier alpha value is -3.71. The summed E-state index contributed by atoms with van der Waals surface area (Å²) < 4.78 is 38.0. The lowest BCUT2D eigenvalue weighted by molar-refractivity contribution is -0.137. The number of halogens is 3. The van der Waals surface area contributed by atoms with Crippen molar-refractivity contribution in [1.82, 2.24) is 0 Å². The zero-order valence-electron chi connectivity index (χ0n) is 16.6. The number of hydrogen-bond donors (Lipinski definition) is 1. The van der Waals surface area contributed by atoms with Crippen LogP contribution in [0.25, 0.3) is 10.8 Å². The van der Waals surface area contributed by atoms with Gasteiger partial charge in [-0.1, -0.05) is 72.5 Å². The highest BCUT2D eigenvalue weighted by Crippen LogP contribution is 2.31. The summed E-state index contributed by atoms with van der Waals surface area (Å²) in [5, 5.41) is 12.4. The minimum atomic E-state index is -4.34. The highest BCUT2D eigenvalue weighted by Gasteiger charge is 2.29. The van der Waals surface area contributed by atoms with Crippen LogP contribution in [-0.4, -0.2) is 5.11 Å². The van der Waals surface area contributed by atoms with Crippen LogP contribution in [0, 0.1) is 11.8 Å². The molecule has 0 aromatic heterocycles. The molecule has 0 unspecified atom stereocenters. The molecule has 0 saturated carbocycles. The van der Waals surface area contributed by atoms with Crippen molar-refractivity contribution in [2.45, 2.75) is 19.0 Å². The number of phenols is 1. The number of aromatic hydroxyl groups is 1. The molecular weight excluding hydrogens is 397 g/mol. The van der Waals surface area contributed by atoms with Gasteiger partial charge < -0.3 is 5.11 Å². The summed E-state index contributed by atoms with van der Waals surface area (Å²) in [6.45, 7) is 0. The lowest BCUT2D eigenvalue weighted by Gasteiger charge is -2.09. The van der Waals surface area contributed by atoms with E-state index in [0.717, 1.165) is 39.6 Å². The molecule has 0 fully saturated rings. The molecule has 0 aliphatic heterocycles. The second-order valence-electron chi connectivity index (χ2n) is 7.34. The molecule has 0 aliphatic carbocycles. The van der Waals surface area contributed by atoms with E-state index in [-0.39, 0.29) is 5.75 Å². The minimum Gasteiger partial charge on any atom is -0.507 e. The number of rotatable bonds is 3. The molecule has 0 spiro atoms. The summed E-state index contributed by atoms with van der Waals surface area (Å²) in [5.41, 5.74) is 2.75. The van der Waals surface area contributed by atoms with Gasteiger partial charge in [0.1, 0.15) is 5.75 Å². The van der Waals surface area contributed by atoms with Gasteiger partial charge in [-0.2, -0.15) is 13.2 Å². The summed E-state index contributed by atoms with van der Waals surface area (Å²) in [6.07, 6.45) is -3.36. The van der Waals surface area contributed by atoms with Crippen LogP contribution in [-0.2, 0) is 19.0 Å². The molecule has 4 rings (SSSR count). The van der Waals surface area contributed by atoms with Crippen molar-refractivity contribution in [3.05, 3.63) is 113 Å². The van der Waals surface area contributed by atoms with E-state index in [1.807, 2.05) is 60.7 Å². The Morgan fingerprint density at radius 2 is 1.48 bits per heavy atom. The third-order valence-corrected chi connectivity index (χ3v) is 5.12. The molecule has 0 amide bonds. The van der Waals surface area contributed by atoms with E-state index < -0.39 is 11.7 Å². The lowest BCUT2D eigenvalue weighted by atomic mass is 9.98. The fraction of sp³-hybridized carbons (Fsp3) is 0.111. The number of hydrogen-bond acceptors (Lipinski definition) is 1. The first-order chi connectivity index (χ1) is 14.9. The van der Waals surface area contributed by atoms with Gasteiger partial charge in [0, 0.05) is 23.8 Å². The normalized spacial score (nSPS) is 11.2. The number of benzene rings is 4. The largest absolute Gasteiger partial charge is 0.507 e. The van der Waals surface area contributed by atoms with Crippen molar-refractivity contribution < 1.29 is 18.3 Å². The van der Waals surface area contributed by atoms with Crippen LogP contribution in [0.15, 0.2) is 84.9 Å². The van der Waals surface area contributed by atoms with Crippen LogP contribution in [0.5, 0.6) is 5.75 Å². The summed E-state index contributed by atoms with van der Waals surface area (Å²) in [6, 6.07) is 24.5. The topological polar surface area (TPSA) is 20.2 Å². The van der Waals surface area contributed by atoms with Crippen molar-refractivity contribution in [2.75, 3.05) is 0 Å². The molecule has 4 aromatic carbocycles. The highest BCUT2D eigenvalue weighted by molar-refractivity contribution is 5.90. The molecule has 4 aromatic rings. The maximum atomic E-state index is 12.7. The average molecular weight is 416 g/mol. The zero-order valence-corrected chi connectivity index (χ0v) is 16.6. The molecule has 4 heteroatoms. The fourth-order valence-electron chi connectivity index (χ4n) is 3.45. The predicted molar refractivity (Wildman–Crippen MR) is 117 cm³/mol. The molecule has 0 radical (unpaired) electrons. The Morgan fingerprint density at radius 1 is 0.774 bits per heavy atom. The standard InChI is InChI=1S/C27H19F3O/c28-27(29,30)24-15-10-19(11-16-24)7-4-8-21-9-12-22-13-14-23(26(31)25(22)18-21)17-20-5-2-1-3-6-20/h1-3,5-6,9-16,18,31H,7,17H2. The van der Waals surface area contributed by atoms with Gasteiger partial charge in [0.15, 0.2) is 0 Å². The van der Waals surface area contributed by atoms with Gasteiger partial charge in [-0.05, 0) is 46.3 Å². The van der Waals surface area contributed by atoms with E-state index in [2.05, 4.69) is 11.8 Å². The van der Waals surface area contributed by atoms with E-state index in [4.69, 9.17) is 0 Å². The third-order valence-electron chi connectivity index (χ3n) is 5.12. The fourth-order valence-corrected chi connectivity index (χ4v) is 3.45. The van der Waals surface area contributed by atoms with E-state index in [0.29, 0.717) is 18.4 Å². The first-order valence-electron chi connectivity index (χ1n) is 9.84. The van der Waals surface area contributed by atoms with Gasteiger partial charge in [0.2, 0.25) is 0 Å². The highest BCUT2D eigenvalue weighted by atomic mass is 19.4. The van der Waals surface area contributed by atoms with Gasteiger partial charge >= 0.3 is 6.18 Å². The monoisotopic (exact) mass is 416 g/mol. The Bertz CT molecular complexity index is 1260. The third kappa shape index (κ3) is 4.90. The smallest absolute Gasteiger partial charge is 0.416 e. The molecule has 0 atom stereocenters. The van der Waals surface area contributed by atoms with Crippen molar-refractivity contribution in [2.24, 2.45) is 0 Å². The molecule has 0 aliphatic rings. The van der Waals surface area contributed by atoms with Crippen LogP contribution < -0.4 is 0 Å². The van der Waals surface area contributed by atoms with Gasteiger partial charge in [-0.15, -0.1) is 0 Å². The quantitative estimate of drug-likeness (QED) is 0.366. The summed E-state index contributed by atoms with van der Waals surface area (Å²) >= 11 is 0. The number of phenolic OH excluding ortho intramolecular Hbond substituents is 1. The minimum absolute atomic E-state index is 0.243. The maximum Gasteiger partial charge on any atom is 0.416 e. The molecule has 154 valence electrons. The van der Waals surface area contributed by atoms with Gasteiger partial charge in [0.05, 0.1) is 5.56 Å². The van der Waals surface area contributed by atoms with Crippen molar-refractivity contribution in [1.29, 1.82) is 0 Å². The first kappa shape index (κ1) is 20.6. The molecule has 31 heavy (non-hydrogen) atoms. The molecular formula is C27H19F3O. The van der Waals surface area contributed by atoms with Gasteiger partial charge in [-0.25, -0.2) is 0 Å². The Labute approximate surface area is 178 Å². The van der Waals surface area contributed by atoms with Gasteiger partial charge in [-0.3, -0.25) is 0 Å².